The summed E-state index contributed by atoms with van der Waals surface area (Å²) in [5.41, 5.74) is 0.979. The van der Waals surface area contributed by atoms with Crippen LogP contribution in [0.5, 0.6) is 0 Å². The zero-order chi connectivity index (χ0) is 12.6. The zero-order valence-electron chi connectivity index (χ0n) is 8.76. The maximum absolute atomic E-state index is 13.4. The molecule has 0 aliphatic carbocycles. The fourth-order valence-corrected chi connectivity index (χ4v) is 2.46. The van der Waals surface area contributed by atoms with Crippen molar-refractivity contribution in [3.05, 3.63) is 44.8 Å². The van der Waals surface area contributed by atoms with Crippen LogP contribution in [0, 0.1) is 12.7 Å². The number of benzene rings is 1. The van der Waals surface area contributed by atoms with Crippen molar-refractivity contribution in [2.45, 2.75) is 6.92 Å². The molecule has 0 unspecified atom stereocenters. The van der Waals surface area contributed by atoms with E-state index in [4.69, 9.17) is 16.0 Å². The van der Waals surface area contributed by atoms with E-state index in [2.05, 4.69) is 15.9 Å². The highest BCUT2D eigenvalue weighted by atomic mass is 79.9. The summed E-state index contributed by atoms with van der Waals surface area (Å²) in [6.07, 6.45) is 0.599. The topological polar surface area (TPSA) is 30.2 Å². The third kappa shape index (κ3) is 2.15. The van der Waals surface area contributed by atoms with Gasteiger partial charge in [0.05, 0.1) is 10.6 Å². The third-order valence-electron chi connectivity index (χ3n) is 2.39. The zero-order valence-corrected chi connectivity index (χ0v) is 11.1. The quantitative estimate of drug-likeness (QED) is 0.756. The molecule has 2 nitrogen and oxygen atoms in total. The standard InChI is InChI=1S/C12H7BrClFO2/c1-6-9(15)4-8(14)11(12(6)13)10-3-2-7(5-16)17-10/h2-5H,1H3. The molecular formula is C12H7BrClFO2. The van der Waals surface area contributed by atoms with Gasteiger partial charge in [0.25, 0.3) is 0 Å². The highest BCUT2D eigenvalue weighted by Gasteiger charge is 2.17. The van der Waals surface area contributed by atoms with Gasteiger partial charge in [-0.15, -0.1) is 0 Å². The predicted molar refractivity (Wildman–Crippen MR) is 66.9 cm³/mol. The molecule has 0 atom stereocenters. The molecule has 1 heterocycles. The van der Waals surface area contributed by atoms with Gasteiger partial charge in [-0.3, -0.25) is 4.79 Å². The maximum Gasteiger partial charge on any atom is 0.185 e. The van der Waals surface area contributed by atoms with Crippen LogP contribution >= 0.6 is 27.5 Å². The number of halogens is 3. The van der Waals surface area contributed by atoms with Crippen LogP contribution in [-0.2, 0) is 0 Å². The first-order chi connectivity index (χ1) is 8.04. The Morgan fingerprint density at radius 1 is 1.47 bits per heavy atom. The Hall–Kier alpha value is -1.13. The van der Waals surface area contributed by atoms with Gasteiger partial charge in [-0.25, -0.2) is 4.39 Å². The van der Waals surface area contributed by atoms with Crippen molar-refractivity contribution in [2.75, 3.05) is 0 Å². The minimum atomic E-state index is -0.396. The Labute approximate surface area is 111 Å². The molecule has 1 aromatic carbocycles. The van der Waals surface area contributed by atoms with Crippen LogP contribution in [0.25, 0.3) is 11.3 Å². The Morgan fingerprint density at radius 3 is 2.76 bits per heavy atom. The van der Waals surface area contributed by atoms with Gasteiger partial charge < -0.3 is 4.42 Å². The number of hydrogen-bond acceptors (Lipinski definition) is 2. The van der Waals surface area contributed by atoms with Gasteiger partial charge in [0, 0.05) is 4.47 Å². The maximum atomic E-state index is 13.4. The smallest absolute Gasteiger partial charge is 0.185 e. The second-order valence-corrected chi connectivity index (χ2v) is 4.67. The summed E-state index contributed by atoms with van der Waals surface area (Å²) in [6, 6.07) is 4.37. The van der Waals surface area contributed by atoms with E-state index in [0.29, 0.717) is 27.6 Å². The van der Waals surface area contributed by atoms with Crippen LogP contribution in [0.1, 0.15) is 16.1 Å². The number of aldehydes is 1. The summed E-state index contributed by atoms with van der Waals surface area (Å²) in [5.74, 6) is 0.227. The first-order valence-corrected chi connectivity index (χ1v) is 5.91. The first-order valence-electron chi connectivity index (χ1n) is 4.74. The van der Waals surface area contributed by atoms with Crippen molar-refractivity contribution in [3.8, 4) is 11.3 Å². The lowest BCUT2D eigenvalue weighted by Gasteiger charge is -2.08. The SMILES string of the molecule is Cc1c(F)cc(Cl)c(-c2ccc(C=O)o2)c1Br. The van der Waals surface area contributed by atoms with Crippen LogP contribution in [-0.4, -0.2) is 6.29 Å². The van der Waals surface area contributed by atoms with Gasteiger partial charge in [0.15, 0.2) is 12.0 Å². The molecule has 1 aromatic heterocycles. The molecular weight excluding hydrogens is 310 g/mol. The molecule has 0 saturated heterocycles. The number of carbonyl (C=O) groups is 1. The lowest BCUT2D eigenvalue weighted by molar-refractivity contribution is 0.110. The van der Waals surface area contributed by atoms with Gasteiger partial charge in [-0.05, 0) is 46.6 Å². The number of rotatable bonds is 2. The molecule has 0 amide bonds. The van der Waals surface area contributed by atoms with E-state index in [1.807, 2.05) is 0 Å². The van der Waals surface area contributed by atoms with E-state index < -0.39 is 5.82 Å². The molecule has 17 heavy (non-hydrogen) atoms. The summed E-state index contributed by atoms with van der Waals surface area (Å²) in [6.45, 7) is 1.63. The molecule has 0 spiro atoms. The molecule has 0 bridgehead atoms. The Balaban J connectivity index is 2.66. The minimum absolute atomic E-state index is 0.199. The lowest BCUT2D eigenvalue weighted by Crippen LogP contribution is -1.89. The highest BCUT2D eigenvalue weighted by molar-refractivity contribution is 9.10. The average Bonchev–Trinajstić information content (AvgIpc) is 2.74. The van der Waals surface area contributed by atoms with Crippen molar-refractivity contribution in [1.29, 1.82) is 0 Å². The third-order valence-corrected chi connectivity index (χ3v) is 3.68. The number of carbonyl (C=O) groups excluding carboxylic acids is 1. The predicted octanol–water partition coefficient (Wildman–Crippen LogP) is 4.62. The summed E-state index contributed by atoms with van der Waals surface area (Å²) >= 11 is 9.25. The normalized spacial score (nSPS) is 10.6. The molecule has 0 N–H and O–H groups in total. The minimum Gasteiger partial charge on any atom is -0.453 e. The Kier molecular flexibility index (Phi) is 3.35. The molecule has 0 saturated carbocycles. The van der Waals surface area contributed by atoms with E-state index in [0.717, 1.165) is 0 Å². The van der Waals surface area contributed by atoms with Gasteiger partial charge in [0.1, 0.15) is 11.6 Å². The van der Waals surface area contributed by atoms with Crippen molar-refractivity contribution in [2.24, 2.45) is 0 Å². The van der Waals surface area contributed by atoms with E-state index >= 15 is 0 Å². The monoisotopic (exact) mass is 316 g/mol. The van der Waals surface area contributed by atoms with E-state index in [1.54, 1.807) is 13.0 Å². The van der Waals surface area contributed by atoms with Crippen molar-refractivity contribution in [3.63, 3.8) is 0 Å². The fourth-order valence-electron chi connectivity index (χ4n) is 1.47. The van der Waals surface area contributed by atoms with E-state index in [1.165, 1.54) is 12.1 Å². The summed E-state index contributed by atoms with van der Waals surface area (Å²) in [7, 11) is 0. The summed E-state index contributed by atoms with van der Waals surface area (Å²) in [4.78, 5) is 10.5. The van der Waals surface area contributed by atoms with Crippen LogP contribution in [0.15, 0.2) is 27.1 Å². The number of furan rings is 1. The Bertz CT molecular complexity index is 592. The molecule has 2 aromatic rings. The number of hydrogen-bond donors (Lipinski definition) is 0. The second-order valence-electron chi connectivity index (χ2n) is 3.47. The van der Waals surface area contributed by atoms with Gasteiger partial charge in [-0.2, -0.15) is 0 Å². The van der Waals surface area contributed by atoms with Gasteiger partial charge in [0.2, 0.25) is 0 Å². The molecule has 0 aliphatic heterocycles. The molecule has 88 valence electrons. The van der Waals surface area contributed by atoms with Crippen LogP contribution in [0.2, 0.25) is 5.02 Å². The van der Waals surface area contributed by atoms with Gasteiger partial charge in [-0.1, -0.05) is 11.6 Å². The van der Waals surface area contributed by atoms with Crippen LogP contribution in [0.4, 0.5) is 4.39 Å². The Morgan fingerprint density at radius 2 is 2.18 bits per heavy atom. The summed E-state index contributed by atoms with van der Waals surface area (Å²) < 4.78 is 19.2. The van der Waals surface area contributed by atoms with Crippen molar-refractivity contribution < 1.29 is 13.6 Å². The molecule has 0 radical (unpaired) electrons. The second kappa shape index (κ2) is 4.63. The van der Waals surface area contributed by atoms with Gasteiger partial charge >= 0.3 is 0 Å². The largest absolute Gasteiger partial charge is 0.453 e. The van der Waals surface area contributed by atoms with E-state index in [-0.39, 0.29) is 10.8 Å². The van der Waals surface area contributed by atoms with Crippen LogP contribution < -0.4 is 0 Å². The summed E-state index contributed by atoms with van der Waals surface area (Å²) in [5, 5.41) is 0.228. The highest BCUT2D eigenvalue weighted by Crippen LogP contribution is 2.38. The van der Waals surface area contributed by atoms with Crippen LogP contribution in [0.3, 0.4) is 0 Å². The first kappa shape index (κ1) is 12.3. The van der Waals surface area contributed by atoms with E-state index in [9.17, 15) is 9.18 Å². The average molecular weight is 318 g/mol. The molecule has 2 rings (SSSR count). The molecule has 5 heteroatoms. The molecule has 0 aliphatic rings. The lowest BCUT2D eigenvalue weighted by atomic mass is 10.1. The molecule has 0 fully saturated rings. The van der Waals surface area contributed by atoms with Crippen molar-refractivity contribution >= 4 is 33.8 Å². The fraction of sp³-hybridized carbons (Fsp3) is 0.0833. The van der Waals surface area contributed by atoms with Crippen molar-refractivity contribution in [1.82, 2.24) is 0 Å².